The van der Waals surface area contributed by atoms with Crippen LogP contribution in [0.25, 0.3) is 0 Å². The average Bonchev–Trinajstić information content (AvgIpc) is 2.24. The molecule has 0 heterocycles. The van der Waals surface area contributed by atoms with Gasteiger partial charge in [-0.05, 0) is 37.8 Å². The van der Waals surface area contributed by atoms with Gasteiger partial charge < -0.3 is 0 Å². The minimum atomic E-state index is 1.07. The standard InChI is InChI=1S/C12H16.C2H6/c1-4-6-12-8-7-10(3)9-11(12)5-2;1-2/h4-7H,2,8-9H2,1,3H3;1-2H3/b6-4-;. The molecule has 0 saturated heterocycles. The van der Waals surface area contributed by atoms with Gasteiger partial charge >= 0.3 is 0 Å². The molecule has 0 bridgehead atoms. The normalized spacial score (nSPS) is 16.1. The van der Waals surface area contributed by atoms with Gasteiger partial charge in [0.05, 0.1) is 0 Å². The van der Waals surface area contributed by atoms with Crippen LogP contribution < -0.4 is 0 Å². The lowest BCUT2D eigenvalue weighted by Gasteiger charge is -2.13. The van der Waals surface area contributed by atoms with Gasteiger partial charge in [-0.15, -0.1) is 0 Å². The monoisotopic (exact) mass is 190 g/mol. The van der Waals surface area contributed by atoms with Crippen molar-refractivity contribution in [2.45, 2.75) is 40.5 Å². The smallest absolute Gasteiger partial charge is 0.00671 e. The molecule has 0 unspecified atom stereocenters. The minimum absolute atomic E-state index is 1.07. The molecule has 0 heteroatoms. The van der Waals surface area contributed by atoms with Gasteiger partial charge in [0.2, 0.25) is 0 Å². The van der Waals surface area contributed by atoms with Crippen LogP contribution in [-0.4, -0.2) is 0 Å². The van der Waals surface area contributed by atoms with E-state index in [1.165, 1.54) is 16.7 Å². The second-order valence-electron chi connectivity index (χ2n) is 3.19. The summed E-state index contributed by atoms with van der Waals surface area (Å²) in [5.74, 6) is 0. The minimum Gasteiger partial charge on any atom is -0.0988 e. The Morgan fingerprint density at radius 2 is 1.93 bits per heavy atom. The summed E-state index contributed by atoms with van der Waals surface area (Å²) >= 11 is 0. The van der Waals surface area contributed by atoms with Crippen molar-refractivity contribution in [3.05, 3.63) is 47.6 Å². The predicted molar refractivity (Wildman–Crippen MR) is 66.4 cm³/mol. The Labute approximate surface area is 88.7 Å². The van der Waals surface area contributed by atoms with E-state index in [1.807, 2.05) is 19.9 Å². The van der Waals surface area contributed by atoms with Crippen LogP contribution in [0.15, 0.2) is 47.6 Å². The zero-order valence-electron chi connectivity index (χ0n) is 9.93. The Morgan fingerprint density at radius 1 is 1.29 bits per heavy atom. The molecule has 0 N–H and O–H groups in total. The molecule has 78 valence electrons. The molecule has 1 rings (SSSR count). The van der Waals surface area contributed by atoms with Crippen molar-refractivity contribution in [2.75, 3.05) is 0 Å². The molecular weight excluding hydrogens is 168 g/mol. The van der Waals surface area contributed by atoms with E-state index in [0.29, 0.717) is 0 Å². The van der Waals surface area contributed by atoms with Crippen LogP contribution in [0.5, 0.6) is 0 Å². The average molecular weight is 190 g/mol. The van der Waals surface area contributed by atoms with Crippen molar-refractivity contribution < 1.29 is 0 Å². The van der Waals surface area contributed by atoms with Crippen LogP contribution >= 0.6 is 0 Å². The van der Waals surface area contributed by atoms with Crippen LogP contribution in [0.1, 0.15) is 40.5 Å². The van der Waals surface area contributed by atoms with Crippen LogP contribution in [-0.2, 0) is 0 Å². The zero-order chi connectivity index (χ0) is 11.0. The third-order valence-corrected chi connectivity index (χ3v) is 2.17. The fourth-order valence-corrected chi connectivity index (χ4v) is 1.48. The van der Waals surface area contributed by atoms with Gasteiger partial charge in [0.15, 0.2) is 0 Å². The van der Waals surface area contributed by atoms with Gasteiger partial charge in [-0.25, -0.2) is 0 Å². The Kier molecular flexibility index (Phi) is 6.82. The molecule has 0 spiro atoms. The quantitative estimate of drug-likeness (QED) is 0.548. The molecule has 0 amide bonds. The molecule has 0 fully saturated rings. The molecule has 0 saturated carbocycles. The van der Waals surface area contributed by atoms with E-state index >= 15 is 0 Å². The van der Waals surface area contributed by atoms with Gasteiger partial charge in [-0.3, -0.25) is 0 Å². The van der Waals surface area contributed by atoms with Gasteiger partial charge in [0.1, 0.15) is 0 Å². The summed E-state index contributed by atoms with van der Waals surface area (Å²) in [5.41, 5.74) is 4.25. The summed E-state index contributed by atoms with van der Waals surface area (Å²) in [4.78, 5) is 0. The maximum atomic E-state index is 3.83. The van der Waals surface area contributed by atoms with Crippen LogP contribution in [0.2, 0.25) is 0 Å². The van der Waals surface area contributed by atoms with Gasteiger partial charge in [0, 0.05) is 0 Å². The first-order chi connectivity index (χ1) is 6.77. The number of hydrogen-bond donors (Lipinski definition) is 0. The first-order valence-electron chi connectivity index (χ1n) is 5.40. The molecule has 0 radical (unpaired) electrons. The predicted octanol–water partition coefficient (Wildman–Crippen LogP) is 4.81. The lowest BCUT2D eigenvalue weighted by molar-refractivity contribution is 1.03. The van der Waals surface area contributed by atoms with E-state index in [2.05, 4.69) is 38.7 Å². The third kappa shape index (κ3) is 3.78. The lowest BCUT2D eigenvalue weighted by Crippen LogP contribution is -1.94. The summed E-state index contributed by atoms with van der Waals surface area (Å²) in [6.45, 7) is 12.1. The SMILES string of the molecule is C=CC1=C(/C=C\C)CC=C(C)C1.CC. The number of rotatable bonds is 2. The van der Waals surface area contributed by atoms with Crippen LogP contribution in [0.4, 0.5) is 0 Å². The molecule has 0 aromatic carbocycles. The number of allylic oxidation sites excluding steroid dienone is 7. The lowest BCUT2D eigenvalue weighted by atomic mass is 9.92. The van der Waals surface area contributed by atoms with Crippen molar-refractivity contribution >= 4 is 0 Å². The van der Waals surface area contributed by atoms with Crippen molar-refractivity contribution in [3.8, 4) is 0 Å². The van der Waals surface area contributed by atoms with E-state index in [0.717, 1.165) is 12.8 Å². The maximum absolute atomic E-state index is 3.83. The highest BCUT2D eigenvalue weighted by Gasteiger charge is 2.06. The van der Waals surface area contributed by atoms with E-state index in [1.54, 1.807) is 0 Å². The fourth-order valence-electron chi connectivity index (χ4n) is 1.48. The summed E-state index contributed by atoms with van der Waals surface area (Å²) in [5, 5.41) is 0. The molecule has 0 aliphatic heterocycles. The van der Waals surface area contributed by atoms with Crippen LogP contribution in [0, 0.1) is 0 Å². The summed E-state index contributed by atoms with van der Waals surface area (Å²) in [7, 11) is 0. The molecule has 0 aromatic heterocycles. The molecule has 0 atom stereocenters. The van der Waals surface area contributed by atoms with Crippen molar-refractivity contribution in [1.82, 2.24) is 0 Å². The third-order valence-electron chi connectivity index (χ3n) is 2.17. The Bertz CT molecular complexity index is 262. The van der Waals surface area contributed by atoms with E-state index in [-0.39, 0.29) is 0 Å². The molecule has 0 aromatic rings. The van der Waals surface area contributed by atoms with Crippen LogP contribution in [0.3, 0.4) is 0 Å². The summed E-state index contributed by atoms with van der Waals surface area (Å²) in [6, 6.07) is 0. The Balaban J connectivity index is 0.000000791. The molecule has 0 nitrogen and oxygen atoms in total. The maximum Gasteiger partial charge on any atom is -0.00671 e. The Morgan fingerprint density at radius 3 is 2.43 bits per heavy atom. The largest absolute Gasteiger partial charge is 0.0988 e. The second kappa shape index (κ2) is 7.37. The zero-order valence-corrected chi connectivity index (χ0v) is 9.93. The van der Waals surface area contributed by atoms with Crippen molar-refractivity contribution in [2.24, 2.45) is 0 Å². The van der Waals surface area contributed by atoms with E-state index in [9.17, 15) is 0 Å². The molecule has 14 heavy (non-hydrogen) atoms. The summed E-state index contributed by atoms with van der Waals surface area (Å²) < 4.78 is 0. The van der Waals surface area contributed by atoms with Crippen molar-refractivity contribution in [1.29, 1.82) is 0 Å². The topological polar surface area (TPSA) is 0 Å². The number of hydrogen-bond acceptors (Lipinski definition) is 0. The molecule has 1 aliphatic rings. The highest BCUT2D eigenvalue weighted by molar-refractivity contribution is 5.40. The fraction of sp³-hybridized carbons (Fsp3) is 0.429. The van der Waals surface area contributed by atoms with Crippen molar-refractivity contribution in [3.63, 3.8) is 0 Å². The van der Waals surface area contributed by atoms with E-state index in [4.69, 9.17) is 0 Å². The highest BCUT2D eigenvalue weighted by Crippen LogP contribution is 2.25. The second-order valence-corrected chi connectivity index (χ2v) is 3.19. The van der Waals surface area contributed by atoms with Gasteiger partial charge in [-0.1, -0.05) is 50.3 Å². The van der Waals surface area contributed by atoms with E-state index < -0.39 is 0 Å². The first kappa shape index (κ1) is 13.0. The highest BCUT2D eigenvalue weighted by atomic mass is 14.1. The molecule has 1 aliphatic carbocycles. The molecular formula is C14H22. The first-order valence-corrected chi connectivity index (χ1v) is 5.40. The van der Waals surface area contributed by atoms with Gasteiger partial charge in [0.25, 0.3) is 0 Å². The van der Waals surface area contributed by atoms with Gasteiger partial charge in [-0.2, -0.15) is 0 Å². The summed E-state index contributed by atoms with van der Waals surface area (Å²) in [6.07, 6.45) is 10.7. The Hall–Kier alpha value is -1.04.